The number of hydrogen-bond acceptors (Lipinski definition) is 7. The number of aromatic nitrogens is 1. The molecule has 2 unspecified atom stereocenters. The van der Waals surface area contributed by atoms with Crippen molar-refractivity contribution < 1.29 is 24.7 Å². The number of methoxy groups -OCH3 is 1. The van der Waals surface area contributed by atoms with Gasteiger partial charge < -0.3 is 19.9 Å². The monoisotopic (exact) mass is 272 g/mol. The molecule has 9 nitrogen and oxygen atoms in total. The molecule has 1 aromatic rings. The standard InChI is InChI=1S/C10H12N2O7/c1-19-8(14)3-7(13)9(15)6-2-5(12(17)18)4-11-10(6)16/h2,4,7,9,13,15H,3H2,1H3,(H,11,16). The number of rotatable bonds is 5. The highest BCUT2D eigenvalue weighted by Gasteiger charge is 2.25. The van der Waals surface area contributed by atoms with Crippen molar-refractivity contribution in [3.8, 4) is 0 Å². The van der Waals surface area contributed by atoms with Gasteiger partial charge in [0.05, 0.1) is 36.3 Å². The summed E-state index contributed by atoms with van der Waals surface area (Å²) in [7, 11) is 1.10. The van der Waals surface area contributed by atoms with E-state index in [1.54, 1.807) is 0 Å². The van der Waals surface area contributed by atoms with Crippen molar-refractivity contribution in [3.63, 3.8) is 0 Å². The van der Waals surface area contributed by atoms with Crippen molar-refractivity contribution in [3.05, 3.63) is 38.3 Å². The van der Waals surface area contributed by atoms with E-state index in [-0.39, 0.29) is 0 Å². The molecule has 0 amide bonds. The number of nitrogens with zero attached hydrogens (tertiary/aromatic N) is 1. The number of ether oxygens (including phenoxy) is 1. The topological polar surface area (TPSA) is 143 Å². The third-order valence-electron chi connectivity index (χ3n) is 2.41. The van der Waals surface area contributed by atoms with Crippen molar-refractivity contribution in [2.75, 3.05) is 7.11 Å². The number of carbonyl (C=O) groups is 1. The molecule has 9 heteroatoms. The number of carbonyl (C=O) groups excluding carboxylic acids is 1. The number of nitro groups is 1. The zero-order valence-corrected chi connectivity index (χ0v) is 9.90. The molecule has 0 aliphatic carbocycles. The number of pyridine rings is 1. The molecule has 1 heterocycles. The molecule has 3 N–H and O–H groups in total. The second-order valence-electron chi connectivity index (χ2n) is 3.69. The predicted octanol–water partition coefficient (Wildman–Crippen LogP) is -0.760. The number of H-pyrrole nitrogens is 1. The van der Waals surface area contributed by atoms with Gasteiger partial charge in [-0.15, -0.1) is 0 Å². The zero-order valence-electron chi connectivity index (χ0n) is 9.90. The average molecular weight is 272 g/mol. The van der Waals surface area contributed by atoms with Crippen LogP contribution in [0.3, 0.4) is 0 Å². The van der Waals surface area contributed by atoms with Crippen LogP contribution < -0.4 is 5.56 Å². The Morgan fingerprint density at radius 3 is 2.74 bits per heavy atom. The van der Waals surface area contributed by atoms with Gasteiger partial charge in [0.1, 0.15) is 6.10 Å². The largest absolute Gasteiger partial charge is 0.469 e. The first kappa shape index (κ1) is 14.8. The number of aliphatic hydroxyl groups is 2. The summed E-state index contributed by atoms with van der Waals surface area (Å²) in [6, 6.07) is 0.837. The van der Waals surface area contributed by atoms with Crippen LogP contribution in [-0.4, -0.2) is 39.3 Å². The number of aliphatic hydroxyl groups excluding tert-OH is 2. The Morgan fingerprint density at radius 1 is 1.58 bits per heavy atom. The van der Waals surface area contributed by atoms with Gasteiger partial charge in [-0.2, -0.15) is 0 Å². The lowest BCUT2D eigenvalue weighted by Gasteiger charge is -2.15. The smallest absolute Gasteiger partial charge is 0.308 e. The second-order valence-corrected chi connectivity index (χ2v) is 3.69. The van der Waals surface area contributed by atoms with E-state index in [0.29, 0.717) is 0 Å². The van der Waals surface area contributed by atoms with Crippen LogP contribution in [0.1, 0.15) is 18.1 Å². The van der Waals surface area contributed by atoms with Crippen molar-refractivity contribution in [2.45, 2.75) is 18.6 Å². The minimum atomic E-state index is -1.73. The fourth-order valence-corrected chi connectivity index (χ4v) is 1.39. The lowest BCUT2D eigenvalue weighted by Crippen LogP contribution is -2.27. The van der Waals surface area contributed by atoms with Crippen molar-refractivity contribution in [1.82, 2.24) is 4.98 Å². The summed E-state index contributed by atoms with van der Waals surface area (Å²) in [4.78, 5) is 34.2. The molecular weight excluding hydrogens is 260 g/mol. The molecule has 19 heavy (non-hydrogen) atoms. The minimum Gasteiger partial charge on any atom is -0.469 e. The van der Waals surface area contributed by atoms with Crippen LogP contribution in [0.2, 0.25) is 0 Å². The number of hydrogen-bond donors (Lipinski definition) is 3. The Hall–Kier alpha value is -2.26. The highest BCUT2D eigenvalue weighted by Crippen LogP contribution is 2.19. The fraction of sp³-hybridized carbons (Fsp3) is 0.400. The van der Waals surface area contributed by atoms with E-state index in [0.717, 1.165) is 19.4 Å². The SMILES string of the molecule is COC(=O)CC(O)C(O)c1cc([N+](=O)[O-])c[nH]c1=O. The maximum atomic E-state index is 11.4. The lowest BCUT2D eigenvalue weighted by atomic mass is 10.0. The van der Waals surface area contributed by atoms with Crippen LogP contribution >= 0.6 is 0 Å². The van der Waals surface area contributed by atoms with Crippen LogP contribution in [0.25, 0.3) is 0 Å². The van der Waals surface area contributed by atoms with Crippen molar-refractivity contribution in [2.24, 2.45) is 0 Å². The van der Waals surface area contributed by atoms with E-state index in [4.69, 9.17) is 0 Å². The Labute approximate surface area is 106 Å². The molecule has 0 fully saturated rings. The van der Waals surface area contributed by atoms with Crippen molar-refractivity contribution in [1.29, 1.82) is 0 Å². The zero-order chi connectivity index (χ0) is 14.6. The van der Waals surface area contributed by atoms with E-state index in [2.05, 4.69) is 9.72 Å². The first-order chi connectivity index (χ1) is 8.86. The van der Waals surface area contributed by atoms with Crippen molar-refractivity contribution >= 4 is 11.7 Å². The number of esters is 1. The van der Waals surface area contributed by atoms with Gasteiger partial charge in [-0.3, -0.25) is 19.7 Å². The molecule has 1 aromatic heterocycles. The van der Waals surface area contributed by atoms with Crippen LogP contribution in [0.4, 0.5) is 5.69 Å². The number of aromatic amines is 1. The van der Waals surface area contributed by atoms with Gasteiger partial charge >= 0.3 is 5.97 Å². The Balaban J connectivity index is 3.01. The summed E-state index contributed by atoms with van der Waals surface area (Å²) in [6.07, 6.45) is -3.01. The van der Waals surface area contributed by atoms with Crippen LogP contribution in [-0.2, 0) is 9.53 Å². The molecule has 0 aromatic carbocycles. The summed E-state index contributed by atoms with van der Waals surface area (Å²) in [5.41, 5.74) is -1.63. The predicted molar refractivity (Wildman–Crippen MR) is 61.3 cm³/mol. The van der Waals surface area contributed by atoms with E-state index >= 15 is 0 Å². The molecule has 0 spiro atoms. The normalized spacial score (nSPS) is 13.6. The molecular formula is C10H12N2O7. The molecule has 2 atom stereocenters. The van der Waals surface area contributed by atoms with Gasteiger partial charge in [-0.05, 0) is 0 Å². The highest BCUT2D eigenvalue weighted by atomic mass is 16.6. The van der Waals surface area contributed by atoms with E-state index in [1.807, 2.05) is 0 Å². The first-order valence-electron chi connectivity index (χ1n) is 5.16. The van der Waals surface area contributed by atoms with Crippen LogP contribution in [0, 0.1) is 10.1 Å². The third kappa shape index (κ3) is 3.60. The molecule has 1 rings (SSSR count). The van der Waals surface area contributed by atoms with Gasteiger partial charge in [-0.25, -0.2) is 0 Å². The van der Waals surface area contributed by atoms with Crippen LogP contribution in [0.15, 0.2) is 17.1 Å². The van der Waals surface area contributed by atoms with Gasteiger partial charge in [-0.1, -0.05) is 0 Å². The molecule has 0 saturated carbocycles. The molecule has 0 radical (unpaired) electrons. The van der Waals surface area contributed by atoms with Gasteiger partial charge in [0.15, 0.2) is 0 Å². The maximum absolute atomic E-state index is 11.4. The molecule has 0 aliphatic rings. The quantitative estimate of drug-likeness (QED) is 0.363. The highest BCUT2D eigenvalue weighted by molar-refractivity contribution is 5.69. The Bertz CT molecular complexity index is 539. The number of nitrogens with one attached hydrogen (secondary N) is 1. The third-order valence-corrected chi connectivity index (χ3v) is 2.41. The molecule has 0 aliphatic heterocycles. The van der Waals surface area contributed by atoms with E-state index in [9.17, 15) is 29.9 Å². The summed E-state index contributed by atoms with van der Waals surface area (Å²) in [6.45, 7) is 0. The molecule has 104 valence electrons. The lowest BCUT2D eigenvalue weighted by molar-refractivity contribution is -0.385. The van der Waals surface area contributed by atoms with Crippen LogP contribution in [0.5, 0.6) is 0 Å². The molecule has 0 saturated heterocycles. The summed E-state index contributed by atoms with van der Waals surface area (Å²) >= 11 is 0. The second kappa shape index (κ2) is 6.07. The maximum Gasteiger partial charge on any atom is 0.308 e. The van der Waals surface area contributed by atoms with Gasteiger partial charge in [0.25, 0.3) is 11.2 Å². The summed E-state index contributed by atoms with van der Waals surface area (Å²) in [5.74, 6) is -0.784. The minimum absolute atomic E-state index is 0.398. The average Bonchev–Trinajstić information content (AvgIpc) is 2.37. The van der Waals surface area contributed by atoms with E-state index < -0.39 is 46.3 Å². The molecule has 0 bridgehead atoms. The van der Waals surface area contributed by atoms with E-state index in [1.165, 1.54) is 0 Å². The van der Waals surface area contributed by atoms with Gasteiger partial charge in [0, 0.05) is 6.07 Å². The fourth-order valence-electron chi connectivity index (χ4n) is 1.39. The Morgan fingerprint density at radius 2 is 2.21 bits per heavy atom. The summed E-state index contributed by atoms with van der Waals surface area (Å²) in [5, 5.41) is 29.8. The summed E-state index contributed by atoms with van der Waals surface area (Å²) < 4.78 is 4.29. The van der Waals surface area contributed by atoms with Gasteiger partial charge in [0.2, 0.25) is 0 Å². The Kier molecular flexibility index (Phi) is 4.73. The first-order valence-corrected chi connectivity index (χ1v) is 5.16.